The molecule has 0 unspecified atom stereocenters. The normalized spacial score (nSPS) is 9.40. The van der Waals surface area contributed by atoms with E-state index in [0.29, 0.717) is 32.6 Å². The number of nitrogens with one attached hydrogen (secondary N) is 3. The van der Waals surface area contributed by atoms with E-state index in [1.165, 1.54) is 7.11 Å². The van der Waals surface area contributed by atoms with Crippen molar-refractivity contribution in [2.75, 3.05) is 33.3 Å². The fraction of sp³-hybridized carbons (Fsp3) is 0.750. The summed E-state index contributed by atoms with van der Waals surface area (Å²) in [5.41, 5.74) is 0. The topological polar surface area (TPSA) is 99.7 Å². The fourth-order valence-corrected chi connectivity index (χ4v) is 0.859. The number of carbonyl (C=O) groups is 2. The number of rotatable bonds is 7. The summed E-state index contributed by atoms with van der Waals surface area (Å²) in [5.74, 6) is 0. The van der Waals surface area contributed by atoms with Gasteiger partial charge >= 0.3 is 12.2 Å². The molecule has 0 rings (SSSR count). The summed E-state index contributed by atoms with van der Waals surface area (Å²) in [7, 11) is 1.31. The molecule has 2 amide bonds. The molecule has 0 saturated heterocycles. The van der Waals surface area contributed by atoms with Gasteiger partial charge in [0.25, 0.3) is 0 Å². The van der Waals surface area contributed by atoms with Gasteiger partial charge in [0.2, 0.25) is 0 Å². The third-order valence-electron chi connectivity index (χ3n) is 1.56. The highest BCUT2D eigenvalue weighted by molar-refractivity contribution is 5.66. The zero-order chi connectivity index (χ0) is 11.5. The smallest absolute Gasteiger partial charge is 0.406 e. The zero-order valence-corrected chi connectivity index (χ0v) is 8.71. The quantitative estimate of drug-likeness (QED) is 0.436. The minimum Gasteiger partial charge on any atom is -0.465 e. The number of methoxy groups -OCH3 is 1. The van der Waals surface area contributed by atoms with E-state index in [0.717, 1.165) is 0 Å². The minimum absolute atomic E-state index is 0.423. The summed E-state index contributed by atoms with van der Waals surface area (Å²) in [6, 6.07) is 0. The van der Waals surface area contributed by atoms with Crippen LogP contribution in [0.4, 0.5) is 9.59 Å². The largest absolute Gasteiger partial charge is 0.465 e. The van der Waals surface area contributed by atoms with Crippen LogP contribution in [0.2, 0.25) is 0 Å². The van der Waals surface area contributed by atoms with E-state index in [9.17, 15) is 9.59 Å². The highest BCUT2D eigenvalue weighted by atomic mass is 16.5. The molecule has 15 heavy (non-hydrogen) atoms. The summed E-state index contributed by atoms with van der Waals surface area (Å²) >= 11 is 0. The van der Waals surface area contributed by atoms with Crippen molar-refractivity contribution >= 4 is 12.2 Å². The molecule has 0 radical (unpaired) electrons. The minimum atomic E-state index is -1.01. The van der Waals surface area contributed by atoms with Gasteiger partial charge in [-0.1, -0.05) is 0 Å². The first-order chi connectivity index (χ1) is 7.16. The van der Waals surface area contributed by atoms with Crippen LogP contribution in [-0.2, 0) is 4.74 Å². The number of carbonyl (C=O) groups excluding carboxylic acids is 1. The van der Waals surface area contributed by atoms with E-state index in [4.69, 9.17) is 5.11 Å². The fourth-order valence-electron chi connectivity index (χ4n) is 0.859. The monoisotopic (exact) mass is 219 g/mol. The van der Waals surface area contributed by atoms with Crippen LogP contribution in [0.25, 0.3) is 0 Å². The lowest BCUT2D eigenvalue weighted by Crippen LogP contribution is -2.33. The van der Waals surface area contributed by atoms with Crippen molar-refractivity contribution in [2.24, 2.45) is 0 Å². The van der Waals surface area contributed by atoms with Crippen LogP contribution < -0.4 is 16.0 Å². The Kier molecular flexibility index (Phi) is 8.16. The Bertz CT molecular complexity index is 198. The molecule has 0 heterocycles. The molecular formula is C8H17N3O4. The van der Waals surface area contributed by atoms with E-state index < -0.39 is 12.2 Å². The van der Waals surface area contributed by atoms with E-state index in [-0.39, 0.29) is 0 Å². The maximum atomic E-state index is 10.6. The van der Waals surface area contributed by atoms with Crippen LogP contribution in [0.1, 0.15) is 6.42 Å². The second-order valence-corrected chi connectivity index (χ2v) is 2.75. The van der Waals surface area contributed by atoms with Crippen molar-refractivity contribution in [3.63, 3.8) is 0 Å². The van der Waals surface area contributed by atoms with Crippen molar-refractivity contribution in [1.82, 2.24) is 16.0 Å². The number of alkyl carbamates (subject to hydrolysis) is 1. The molecule has 0 aromatic heterocycles. The lowest BCUT2D eigenvalue weighted by Gasteiger charge is -2.05. The Morgan fingerprint density at radius 1 is 1.13 bits per heavy atom. The Morgan fingerprint density at radius 2 is 1.87 bits per heavy atom. The van der Waals surface area contributed by atoms with E-state index in [1.54, 1.807) is 0 Å². The second-order valence-electron chi connectivity index (χ2n) is 2.75. The standard InChI is InChI=1S/C8H17N3O4/c1-15-8(14)11-6-5-9-3-2-4-10-7(12)13/h9-10H,2-6H2,1H3,(H,11,14)(H,12,13). The van der Waals surface area contributed by atoms with Crippen LogP contribution in [-0.4, -0.2) is 50.6 Å². The number of hydrogen-bond acceptors (Lipinski definition) is 4. The average molecular weight is 219 g/mol. The predicted octanol–water partition coefficient (Wildman–Crippen LogP) is -0.410. The molecule has 0 aromatic carbocycles. The average Bonchev–Trinajstić information content (AvgIpc) is 2.21. The van der Waals surface area contributed by atoms with Crippen LogP contribution >= 0.6 is 0 Å². The lowest BCUT2D eigenvalue weighted by atomic mass is 10.4. The van der Waals surface area contributed by atoms with Crippen LogP contribution in [0, 0.1) is 0 Å². The van der Waals surface area contributed by atoms with E-state index >= 15 is 0 Å². The van der Waals surface area contributed by atoms with Gasteiger partial charge in [-0.15, -0.1) is 0 Å². The molecule has 0 spiro atoms. The highest BCUT2D eigenvalue weighted by Crippen LogP contribution is 1.74. The SMILES string of the molecule is COC(=O)NCCNCCCNC(=O)O. The first-order valence-electron chi connectivity index (χ1n) is 4.66. The highest BCUT2D eigenvalue weighted by Gasteiger charge is 1.96. The molecule has 0 bridgehead atoms. The third-order valence-corrected chi connectivity index (χ3v) is 1.56. The molecule has 0 aliphatic heterocycles. The predicted molar refractivity (Wildman–Crippen MR) is 53.9 cm³/mol. The first kappa shape index (κ1) is 13.5. The van der Waals surface area contributed by atoms with Crippen LogP contribution in [0.5, 0.6) is 0 Å². The maximum absolute atomic E-state index is 10.6. The van der Waals surface area contributed by atoms with Crippen molar-refractivity contribution < 1.29 is 19.4 Å². The van der Waals surface area contributed by atoms with Gasteiger partial charge in [0.1, 0.15) is 0 Å². The van der Waals surface area contributed by atoms with Gasteiger partial charge in [-0.2, -0.15) is 0 Å². The molecule has 0 saturated carbocycles. The van der Waals surface area contributed by atoms with Gasteiger partial charge in [0.05, 0.1) is 7.11 Å². The number of ether oxygens (including phenoxy) is 1. The lowest BCUT2D eigenvalue weighted by molar-refractivity contribution is 0.171. The Hall–Kier alpha value is -1.50. The van der Waals surface area contributed by atoms with Gasteiger partial charge in [-0.05, 0) is 13.0 Å². The van der Waals surface area contributed by atoms with Gasteiger partial charge in [-0.25, -0.2) is 9.59 Å². The van der Waals surface area contributed by atoms with Gasteiger partial charge < -0.3 is 25.8 Å². The Morgan fingerprint density at radius 3 is 2.47 bits per heavy atom. The molecule has 7 heteroatoms. The van der Waals surface area contributed by atoms with Gasteiger partial charge in [-0.3, -0.25) is 0 Å². The summed E-state index contributed by atoms with van der Waals surface area (Å²) in [4.78, 5) is 20.6. The summed E-state index contributed by atoms with van der Waals surface area (Å²) in [6.07, 6.45) is -0.753. The Labute approximate surface area is 88.2 Å². The summed E-state index contributed by atoms with van der Waals surface area (Å²) in [6.45, 7) is 2.23. The number of hydrogen-bond donors (Lipinski definition) is 4. The van der Waals surface area contributed by atoms with Crippen LogP contribution in [0.15, 0.2) is 0 Å². The van der Waals surface area contributed by atoms with Crippen molar-refractivity contribution in [3.8, 4) is 0 Å². The van der Waals surface area contributed by atoms with Gasteiger partial charge in [0, 0.05) is 19.6 Å². The molecular weight excluding hydrogens is 202 g/mol. The molecule has 88 valence electrons. The molecule has 4 N–H and O–H groups in total. The van der Waals surface area contributed by atoms with E-state index in [2.05, 4.69) is 20.7 Å². The molecule has 0 fully saturated rings. The summed E-state index contributed by atoms with van der Waals surface area (Å²) < 4.78 is 4.37. The molecule has 0 atom stereocenters. The van der Waals surface area contributed by atoms with Crippen LogP contribution in [0.3, 0.4) is 0 Å². The number of carboxylic acid groups (broad SMARTS) is 1. The Balaban J connectivity index is 3.05. The third kappa shape index (κ3) is 10.4. The molecule has 0 aliphatic rings. The summed E-state index contributed by atoms with van der Waals surface area (Å²) in [5, 5.41) is 16.0. The number of amides is 2. The van der Waals surface area contributed by atoms with Crippen molar-refractivity contribution in [1.29, 1.82) is 0 Å². The first-order valence-corrected chi connectivity index (χ1v) is 4.66. The van der Waals surface area contributed by atoms with Crippen molar-refractivity contribution in [2.45, 2.75) is 6.42 Å². The molecule has 0 aromatic rings. The van der Waals surface area contributed by atoms with Crippen molar-refractivity contribution in [3.05, 3.63) is 0 Å². The second kappa shape index (κ2) is 9.07. The van der Waals surface area contributed by atoms with Gasteiger partial charge in [0.15, 0.2) is 0 Å². The van der Waals surface area contributed by atoms with E-state index in [1.807, 2.05) is 0 Å². The zero-order valence-electron chi connectivity index (χ0n) is 8.71. The molecule has 7 nitrogen and oxygen atoms in total. The maximum Gasteiger partial charge on any atom is 0.406 e. The molecule has 0 aliphatic carbocycles.